The van der Waals surface area contributed by atoms with Crippen molar-refractivity contribution in [3.8, 4) is 0 Å². The van der Waals surface area contributed by atoms with Gasteiger partial charge in [-0.15, -0.1) is 0 Å². The first-order chi connectivity index (χ1) is 15.1. The van der Waals surface area contributed by atoms with Crippen molar-refractivity contribution in [2.45, 2.75) is 75.1 Å². The molecule has 1 aromatic carbocycles. The normalized spacial score (nSPS) is 40.2. The first-order valence-corrected chi connectivity index (χ1v) is 10.3. The zero-order valence-corrected chi connectivity index (χ0v) is 17.7. The van der Waals surface area contributed by atoms with Crippen LogP contribution in [0, 0.1) is 13.8 Å². The summed E-state index contributed by atoms with van der Waals surface area (Å²) in [5.74, 6) is 0. The summed E-state index contributed by atoms with van der Waals surface area (Å²) in [6.45, 7) is 2.52. The van der Waals surface area contributed by atoms with Crippen molar-refractivity contribution in [3.63, 3.8) is 0 Å². The van der Waals surface area contributed by atoms with E-state index in [1.807, 2.05) is 13.8 Å². The number of hydrogen-bond donors (Lipinski definition) is 10. The highest BCUT2D eigenvalue weighted by Crippen LogP contribution is 2.32. The van der Waals surface area contributed by atoms with E-state index in [2.05, 4.69) is 10.6 Å². The van der Waals surface area contributed by atoms with E-state index in [0.29, 0.717) is 11.4 Å². The molecule has 0 radical (unpaired) electrons. The van der Waals surface area contributed by atoms with Crippen LogP contribution in [0.25, 0.3) is 0 Å². The first kappa shape index (κ1) is 25.1. The van der Waals surface area contributed by atoms with E-state index in [1.165, 1.54) is 0 Å². The Bertz CT molecular complexity index is 716. The minimum atomic E-state index is -1.56. The molecule has 2 aliphatic rings. The average molecular weight is 460 g/mol. The number of aliphatic hydroxyl groups excluding tert-OH is 8. The zero-order valence-electron chi connectivity index (χ0n) is 17.7. The highest BCUT2D eigenvalue weighted by atomic mass is 16.6. The van der Waals surface area contributed by atoms with Crippen LogP contribution in [0.2, 0.25) is 0 Å². The summed E-state index contributed by atoms with van der Waals surface area (Å²) in [5.41, 5.74) is 2.46. The fraction of sp³-hybridized carbons (Fsp3) is 0.700. The second kappa shape index (κ2) is 10.1. The summed E-state index contributed by atoms with van der Waals surface area (Å²) in [5, 5.41) is 85.3. The van der Waals surface area contributed by atoms with E-state index in [-0.39, 0.29) is 0 Å². The summed E-state index contributed by atoms with van der Waals surface area (Å²) in [4.78, 5) is 0. The molecule has 0 bridgehead atoms. The fourth-order valence-electron chi connectivity index (χ4n) is 3.80. The van der Waals surface area contributed by atoms with Crippen molar-refractivity contribution < 1.29 is 50.3 Å². The molecule has 2 saturated heterocycles. The Morgan fingerprint density at radius 2 is 0.969 bits per heavy atom. The molecule has 182 valence electrons. The Morgan fingerprint density at radius 3 is 1.28 bits per heavy atom. The number of hydrogen-bond acceptors (Lipinski definition) is 12. The largest absolute Gasteiger partial charge is 0.394 e. The molecule has 0 saturated carbocycles. The number of benzene rings is 1. The Balaban J connectivity index is 1.86. The van der Waals surface area contributed by atoms with Crippen LogP contribution >= 0.6 is 0 Å². The quantitative estimate of drug-likeness (QED) is 0.203. The fourth-order valence-corrected chi connectivity index (χ4v) is 3.80. The maximum absolute atomic E-state index is 10.3. The lowest BCUT2D eigenvalue weighted by atomic mass is 9.97. The Hall–Kier alpha value is -1.58. The van der Waals surface area contributed by atoms with Crippen LogP contribution in [0.4, 0.5) is 11.4 Å². The molecule has 0 aromatic heterocycles. The molecule has 2 aliphatic heterocycles. The summed E-state index contributed by atoms with van der Waals surface area (Å²) >= 11 is 0. The van der Waals surface area contributed by atoms with Gasteiger partial charge in [-0.2, -0.15) is 0 Å². The first-order valence-electron chi connectivity index (χ1n) is 10.3. The number of aryl methyl sites for hydroxylation is 2. The van der Waals surface area contributed by atoms with Gasteiger partial charge in [0.15, 0.2) is 12.5 Å². The topological polar surface area (TPSA) is 204 Å². The summed E-state index contributed by atoms with van der Waals surface area (Å²) in [6, 6.07) is 3.42. The molecular weight excluding hydrogens is 428 g/mol. The smallest absolute Gasteiger partial charge is 0.157 e. The van der Waals surface area contributed by atoms with Gasteiger partial charge in [-0.3, -0.25) is 0 Å². The van der Waals surface area contributed by atoms with E-state index in [9.17, 15) is 40.9 Å². The molecule has 32 heavy (non-hydrogen) atoms. The number of aliphatic hydroxyl groups is 8. The van der Waals surface area contributed by atoms with E-state index >= 15 is 0 Å². The Labute approximate surface area is 184 Å². The number of rotatable bonds is 6. The van der Waals surface area contributed by atoms with Gasteiger partial charge in [0.1, 0.15) is 48.8 Å². The number of anilines is 2. The molecule has 0 aliphatic carbocycles. The average Bonchev–Trinajstić information content (AvgIpc) is 2.77. The van der Waals surface area contributed by atoms with Crippen molar-refractivity contribution >= 4 is 11.4 Å². The molecular formula is C20H32N2O10. The van der Waals surface area contributed by atoms with Crippen LogP contribution < -0.4 is 10.6 Å². The number of ether oxygens (including phenoxy) is 2. The van der Waals surface area contributed by atoms with E-state index in [0.717, 1.165) is 11.1 Å². The molecule has 10 atom stereocenters. The molecule has 0 amide bonds. The lowest BCUT2D eigenvalue weighted by molar-refractivity contribution is -0.222. The van der Waals surface area contributed by atoms with Crippen molar-refractivity contribution in [1.29, 1.82) is 0 Å². The lowest BCUT2D eigenvalue weighted by Gasteiger charge is -2.42. The summed E-state index contributed by atoms with van der Waals surface area (Å²) in [6.07, 6.45) is -13.7. The minimum Gasteiger partial charge on any atom is -0.394 e. The van der Waals surface area contributed by atoms with Crippen LogP contribution in [0.1, 0.15) is 11.1 Å². The maximum Gasteiger partial charge on any atom is 0.157 e. The predicted octanol–water partition coefficient (Wildman–Crippen LogP) is -3.27. The molecule has 1 aromatic rings. The van der Waals surface area contributed by atoms with E-state index in [4.69, 9.17) is 9.47 Å². The Morgan fingerprint density at radius 1 is 0.625 bits per heavy atom. The van der Waals surface area contributed by atoms with Crippen molar-refractivity contribution in [2.75, 3.05) is 23.8 Å². The molecule has 2 fully saturated rings. The van der Waals surface area contributed by atoms with Crippen LogP contribution in [0.3, 0.4) is 0 Å². The molecule has 0 spiro atoms. The van der Waals surface area contributed by atoms with E-state index < -0.39 is 74.5 Å². The summed E-state index contributed by atoms with van der Waals surface area (Å²) < 4.78 is 11.0. The van der Waals surface area contributed by atoms with Gasteiger partial charge in [0.25, 0.3) is 0 Å². The SMILES string of the molecule is Cc1cc(N[C@@H]2O[C@H](CO)[C@H](O)[C@@H](O)[C@@H]2O)c(N[C@@H]2O[C@H](CO)[C@H](O)[C@H](O)[C@@H]2O)cc1C. The third-order valence-electron chi connectivity index (χ3n) is 6.01. The molecule has 0 unspecified atom stereocenters. The van der Waals surface area contributed by atoms with Gasteiger partial charge in [-0.05, 0) is 37.1 Å². The molecule has 10 N–H and O–H groups in total. The van der Waals surface area contributed by atoms with Gasteiger partial charge >= 0.3 is 0 Å². The van der Waals surface area contributed by atoms with Crippen LogP contribution in [0.5, 0.6) is 0 Å². The van der Waals surface area contributed by atoms with E-state index in [1.54, 1.807) is 12.1 Å². The van der Waals surface area contributed by atoms with Crippen LogP contribution in [0.15, 0.2) is 12.1 Å². The van der Waals surface area contributed by atoms with Crippen LogP contribution in [-0.2, 0) is 9.47 Å². The molecule has 3 rings (SSSR count). The monoisotopic (exact) mass is 460 g/mol. The molecule has 2 heterocycles. The Kier molecular flexibility index (Phi) is 7.93. The third kappa shape index (κ3) is 4.84. The highest BCUT2D eigenvalue weighted by molar-refractivity contribution is 5.71. The van der Waals surface area contributed by atoms with Crippen molar-refractivity contribution in [3.05, 3.63) is 23.3 Å². The van der Waals surface area contributed by atoms with Gasteiger partial charge in [-0.1, -0.05) is 0 Å². The highest BCUT2D eigenvalue weighted by Gasteiger charge is 2.45. The standard InChI is InChI=1S/C20H32N2O10/c1-7-3-9(21-19-17(29)15(27)13(25)11(5-23)31-19)10(4-8(7)2)22-20-18(30)16(28)14(26)12(6-24)32-20/h3-4,11-30H,5-6H2,1-2H3/t11-,12-,13+,14+,15-,16+,17+,18+,19-,20-/m1/s1. The van der Waals surface area contributed by atoms with Gasteiger partial charge in [0.05, 0.1) is 24.6 Å². The van der Waals surface area contributed by atoms with Gasteiger partial charge < -0.3 is 61.0 Å². The second-order valence-electron chi connectivity index (χ2n) is 8.27. The van der Waals surface area contributed by atoms with Crippen molar-refractivity contribution in [2.24, 2.45) is 0 Å². The van der Waals surface area contributed by atoms with Gasteiger partial charge in [0.2, 0.25) is 0 Å². The second-order valence-corrected chi connectivity index (χ2v) is 8.27. The lowest BCUT2D eigenvalue weighted by Crippen LogP contribution is -2.61. The van der Waals surface area contributed by atoms with Crippen molar-refractivity contribution in [1.82, 2.24) is 0 Å². The zero-order chi connectivity index (χ0) is 23.7. The minimum absolute atomic E-state index is 0.370. The molecule has 12 heteroatoms. The van der Waals surface area contributed by atoms with Gasteiger partial charge in [-0.25, -0.2) is 0 Å². The maximum atomic E-state index is 10.3. The third-order valence-corrected chi connectivity index (χ3v) is 6.01. The summed E-state index contributed by atoms with van der Waals surface area (Å²) in [7, 11) is 0. The van der Waals surface area contributed by atoms with Crippen LogP contribution in [-0.4, -0.2) is 115 Å². The predicted molar refractivity (Wildman–Crippen MR) is 111 cm³/mol. The molecule has 12 nitrogen and oxygen atoms in total. The van der Waals surface area contributed by atoms with Gasteiger partial charge in [0, 0.05) is 0 Å². The number of nitrogens with one attached hydrogen (secondary N) is 2.